The first-order valence-corrected chi connectivity index (χ1v) is 9.79. The van der Waals surface area contributed by atoms with Crippen molar-refractivity contribution in [1.82, 2.24) is 5.32 Å². The van der Waals surface area contributed by atoms with Crippen molar-refractivity contribution < 1.29 is 19.1 Å². The monoisotopic (exact) mass is 413 g/mol. The Kier molecular flexibility index (Phi) is 5.40. The van der Waals surface area contributed by atoms with Crippen LogP contribution in [0, 0.1) is 0 Å². The van der Waals surface area contributed by atoms with E-state index in [1.807, 2.05) is 6.07 Å². The van der Waals surface area contributed by atoms with E-state index < -0.39 is 11.9 Å². The van der Waals surface area contributed by atoms with Crippen LogP contribution in [0.4, 0.5) is 11.4 Å². The Hall–Kier alpha value is -3.06. The zero-order valence-electron chi connectivity index (χ0n) is 15.6. The van der Waals surface area contributed by atoms with Crippen LogP contribution in [0.5, 0.6) is 0 Å². The first-order chi connectivity index (χ1) is 14.0. The van der Waals surface area contributed by atoms with E-state index in [0.29, 0.717) is 17.3 Å². The Morgan fingerprint density at radius 2 is 2.00 bits per heavy atom. The fourth-order valence-corrected chi connectivity index (χ4v) is 3.75. The minimum Gasteiger partial charge on any atom is -0.452 e. The fraction of sp³-hybridized carbons (Fsp3) is 0.286. The summed E-state index contributed by atoms with van der Waals surface area (Å²) in [6.45, 7) is 0.752. The van der Waals surface area contributed by atoms with Crippen LogP contribution in [-0.4, -0.2) is 37.0 Å². The number of rotatable bonds is 5. The summed E-state index contributed by atoms with van der Waals surface area (Å²) in [4.78, 5) is 38.5. The molecular weight excluding hydrogens is 394 g/mol. The number of nitrogens with one attached hydrogen (secondary N) is 2. The second-order valence-corrected chi connectivity index (χ2v) is 7.49. The number of esters is 1. The zero-order chi connectivity index (χ0) is 20.4. The zero-order valence-corrected chi connectivity index (χ0v) is 16.4. The van der Waals surface area contributed by atoms with Crippen LogP contribution >= 0.6 is 11.6 Å². The minimum atomic E-state index is -0.618. The summed E-state index contributed by atoms with van der Waals surface area (Å²) in [5.41, 5.74) is 2.67. The molecule has 0 unspecified atom stereocenters. The molecule has 1 atom stereocenters. The molecule has 0 aromatic heterocycles. The Labute approximate surface area is 173 Å². The van der Waals surface area contributed by atoms with Gasteiger partial charge in [0.05, 0.1) is 16.9 Å². The smallest absolute Gasteiger partial charge is 0.338 e. The molecule has 7 nitrogen and oxygen atoms in total. The van der Waals surface area contributed by atoms with Gasteiger partial charge in [-0.2, -0.15) is 0 Å². The molecule has 29 heavy (non-hydrogen) atoms. The van der Waals surface area contributed by atoms with Crippen molar-refractivity contribution in [3.8, 4) is 0 Å². The van der Waals surface area contributed by atoms with E-state index in [9.17, 15) is 14.4 Å². The third kappa shape index (κ3) is 4.19. The van der Waals surface area contributed by atoms with Crippen molar-refractivity contribution in [3.63, 3.8) is 0 Å². The molecule has 8 heteroatoms. The highest BCUT2D eigenvalue weighted by Crippen LogP contribution is 2.37. The average molecular weight is 414 g/mol. The number of hydrogen-bond acceptors (Lipinski definition) is 5. The van der Waals surface area contributed by atoms with E-state index in [0.717, 1.165) is 30.6 Å². The molecule has 2 heterocycles. The molecule has 0 aliphatic carbocycles. The Morgan fingerprint density at radius 1 is 1.21 bits per heavy atom. The van der Waals surface area contributed by atoms with E-state index in [-0.39, 0.29) is 24.1 Å². The van der Waals surface area contributed by atoms with Crippen molar-refractivity contribution >= 4 is 40.8 Å². The van der Waals surface area contributed by atoms with Crippen LogP contribution in [-0.2, 0) is 20.9 Å². The topological polar surface area (TPSA) is 87.7 Å². The van der Waals surface area contributed by atoms with Gasteiger partial charge in [0.1, 0.15) is 6.04 Å². The van der Waals surface area contributed by atoms with Crippen molar-refractivity contribution in [2.45, 2.75) is 25.4 Å². The fourth-order valence-electron chi connectivity index (χ4n) is 3.63. The number of halogens is 1. The van der Waals surface area contributed by atoms with Gasteiger partial charge in [0.2, 0.25) is 5.91 Å². The highest BCUT2D eigenvalue weighted by Gasteiger charge is 2.36. The standard InChI is InChI=1S/C21H20ClN3O4/c22-15-6-3-13(4-7-15)11-23-19(26)12-29-21(28)14-5-8-17-16(10-14)24-20(27)18-2-1-9-25(17)18/h3-8,10,18H,1-2,9,11-12H2,(H,23,26)(H,24,27)/t18-/m1/s1. The second-order valence-electron chi connectivity index (χ2n) is 7.05. The summed E-state index contributed by atoms with van der Waals surface area (Å²) in [6.07, 6.45) is 1.80. The van der Waals surface area contributed by atoms with Gasteiger partial charge in [-0.05, 0) is 48.7 Å². The maximum absolute atomic E-state index is 12.3. The summed E-state index contributed by atoms with van der Waals surface area (Å²) < 4.78 is 5.10. The van der Waals surface area contributed by atoms with Gasteiger partial charge in [0.25, 0.3) is 5.91 Å². The van der Waals surface area contributed by atoms with Gasteiger partial charge in [0, 0.05) is 18.1 Å². The largest absolute Gasteiger partial charge is 0.452 e. The Balaban J connectivity index is 1.33. The summed E-state index contributed by atoms with van der Waals surface area (Å²) >= 11 is 5.83. The summed E-state index contributed by atoms with van der Waals surface area (Å²) in [5.74, 6) is -1.08. The molecule has 0 bridgehead atoms. The van der Waals surface area contributed by atoms with Gasteiger partial charge in [-0.1, -0.05) is 23.7 Å². The Morgan fingerprint density at radius 3 is 2.79 bits per heavy atom. The first-order valence-electron chi connectivity index (χ1n) is 9.41. The van der Waals surface area contributed by atoms with Crippen molar-refractivity contribution in [3.05, 3.63) is 58.6 Å². The number of carbonyl (C=O) groups is 3. The van der Waals surface area contributed by atoms with E-state index >= 15 is 0 Å². The molecule has 2 aromatic carbocycles. The maximum atomic E-state index is 12.3. The molecule has 0 spiro atoms. The summed E-state index contributed by atoms with van der Waals surface area (Å²) in [5, 5.41) is 6.16. The molecule has 2 aliphatic heterocycles. The van der Waals surface area contributed by atoms with Crippen molar-refractivity contribution in [2.75, 3.05) is 23.4 Å². The third-order valence-electron chi connectivity index (χ3n) is 5.09. The van der Waals surface area contributed by atoms with Gasteiger partial charge < -0.3 is 20.3 Å². The SMILES string of the molecule is O=C(COC(=O)c1ccc2c(c1)NC(=O)[C@H]1CCCN21)NCc1ccc(Cl)cc1. The van der Waals surface area contributed by atoms with Crippen LogP contribution in [0.3, 0.4) is 0 Å². The van der Waals surface area contributed by atoms with Crippen LogP contribution in [0.25, 0.3) is 0 Å². The predicted octanol–water partition coefficient (Wildman–Crippen LogP) is 2.73. The van der Waals surface area contributed by atoms with E-state index in [1.165, 1.54) is 0 Å². The van der Waals surface area contributed by atoms with E-state index in [1.54, 1.807) is 36.4 Å². The number of fused-ring (bicyclic) bond motifs is 3. The quantitative estimate of drug-likeness (QED) is 0.736. The molecule has 2 aromatic rings. The van der Waals surface area contributed by atoms with Gasteiger partial charge in [0.15, 0.2) is 6.61 Å². The molecule has 2 aliphatic rings. The lowest BCUT2D eigenvalue weighted by Crippen LogP contribution is -2.43. The number of nitrogens with zero attached hydrogens (tertiary/aromatic N) is 1. The maximum Gasteiger partial charge on any atom is 0.338 e. The molecule has 2 amide bonds. The third-order valence-corrected chi connectivity index (χ3v) is 5.34. The lowest BCUT2D eigenvalue weighted by Gasteiger charge is -2.33. The molecule has 0 radical (unpaired) electrons. The lowest BCUT2D eigenvalue weighted by molar-refractivity contribution is -0.124. The van der Waals surface area contributed by atoms with Gasteiger partial charge >= 0.3 is 5.97 Å². The number of carbonyl (C=O) groups excluding carboxylic acids is 3. The van der Waals surface area contributed by atoms with Gasteiger partial charge in [-0.25, -0.2) is 4.79 Å². The number of amides is 2. The van der Waals surface area contributed by atoms with Crippen LogP contribution in [0.15, 0.2) is 42.5 Å². The van der Waals surface area contributed by atoms with Gasteiger partial charge in [-0.15, -0.1) is 0 Å². The molecule has 4 rings (SSSR count). The molecule has 1 saturated heterocycles. The minimum absolute atomic E-state index is 0.0536. The van der Waals surface area contributed by atoms with Crippen LogP contribution < -0.4 is 15.5 Å². The number of benzene rings is 2. The van der Waals surface area contributed by atoms with Gasteiger partial charge in [-0.3, -0.25) is 9.59 Å². The summed E-state index contributed by atoms with van der Waals surface area (Å²) in [7, 11) is 0. The lowest BCUT2D eigenvalue weighted by atomic mass is 10.1. The second kappa shape index (κ2) is 8.13. The summed E-state index contributed by atoms with van der Waals surface area (Å²) in [6, 6.07) is 12.0. The van der Waals surface area contributed by atoms with E-state index in [2.05, 4.69) is 15.5 Å². The van der Waals surface area contributed by atoms with E-state index in [4.69, 9.17) is 16.3 Å². The molecule has 1 fully saturated rings. The van der Waals surface area contributed by atoms with Crippen LogP contribution in [0.2, 0.25) is 5.02 Å². The predicted molar refractivity (Wildman–Crippen MR) is 109 cm³/mol. The first kappa shape index (κ1) is 19.3. The Bertz CT molecular complexity index is 961. The molecule has 150 valence electrons. The number of hydrogen-bond donors (Lipinski definition) is 2. The molecule has 0 saturated carbocycles. The molecular formula is C21H20ClN3O4. The van der Waals surface area contributed by atoms with Crippen molar-refractivity contribution in [2.24, 2.45) is 0 Å². The number of ether oxygens (including phenoxy) is 1. The van der Waals surface area contributed by atoms with Crippen LogP contribution in [0.1, 0.15) is 28.8 Å². The van der Waals surface area contributed by atoms with Crippen molar-refractivity contribution in [1.29, 1.82) is 0 Å². The average Bonchev–Trinajstić information content (AvgIpc) is 3.22. The highest BCUT2D eigenvalue weighted by atomic mass is 35.5. The molecule has 2 N–H and O–H groups in total. The highest BCUT2D eigenvalue weighted by molar-refractivity contribution is 6.30. The normalized spacial score (nSPS) is 17.2. The number of anilines is 2.